The zero-order valence-electron chi connectivity index (χ0n) is 16.0. The van der Waals surface area contributed by atoms with Gasteiger partial charge in [-0.15, -0.1) is 0 Å². The summed E-state index contributed by atoms with van der Waals surface area (Å²) in [6.45, 7) is 2.59. The van der Waals surface area contributed by atoms with Gasteiger partial charge in [0.15, 0.2) is 18.1 Å². The number of carbonyl (C=O) groups excluding carboxylic acids is 1. The number of hydrogen-bond donors (Lipinski definition) is 1. The van der Waals surface area contributed by atoms with E-state index in [1.807, 2.05) is 37.3 Å². The van der Waals surface area contributed by atoms with Gasteiger partial charge in [-0.05, 0) is 55.0 Å². The number of methoxy groups -OCH3 is 1. The third-order valence-corrected chi connectivity index (χ3v) is 4.94. The molecule has 0 radical (unpaired) electrons. The molecule has 3 rings (SSSR count). The van der Waals surface area contributed by atoms with Crippen molar-refractivity contribution in [3.8, 4) is 11.5 Å². The van der Waals surface area contributed by atoms with Crippen LogP contribution in [0.25, 0.3) is 6.08 Å². The standard InChI is InChI=1S/C23H27NO3/c1-3-7-17-12-13-21(22(14-17)26-2)27-16-23(25)24-15-19-10-6-9-18-8-4-5-11-20(18)19/h3-5,7-8,11-14,19H,6,9-10,15-16H2,1-2H3,(H,24,25)/b7-3+. The molecule has 0 saturated heterocycles. The Bertz CT molecular complexity index is 813. The van der Waals surface area contributed by atoms with Crippen molar-refractivity contribution in [2.75, 3.05) is 20.3 Å². The van der Waals surface area contributed by atoms with Crippen LogP contribution in [0.2, 0.25) is 0 Å². The number of carbonyl (C=O) groups is 1. The Morgan fingerprint density at radius 1 is 1.22 bits per heavy atom. The largest absolute Gasteiger partial charge is 0.493 e. The maximum Gasteiger partial charge on any atom is 0.257 e. The summed E-state index contributed by atoms with van der Waals surface area (Å²) >= 11 is 0. The second-order valence-corrected chi connectivity index (χ2v) is 6.79. The van der Waals surface area contributed by atoms with Crippen LogP contribution < -0.4 is 14.8 Å². The first kappa shape index (κ1) is 19.0. The molecule has 1 aliphatic carbocycles. The molecule has 0 spiro atoms. The molecule has 2 aromatic carbocycles. The average molecular weight is 365 g/mol. The van der Waals surface area contributed by atoms with Gasteiger partial charge in [-0.1, -0.05) is 42.5 Å². The van der Waals surface area contributed by atoms with E-state index >= 15 is 0 Å². The molecule has 4 heteroatoms. The molecular weight excluding hydrogens is 338 g/mol. The summed E-state index contributed by atoms with van der Waals surface area (Å²) in [5, 5.41) is 3.02. The Morgan fingerprint density at radius 3 is 2.89 bits per heavy atom. The van der Waals surface area contributed by atoms with Crippen molar-refractivity contribution >= 4 is 12.0 Å². The second kappa shape index (κ2) is 9.26. The molecule has 27 heavy (non-hydrogen) atoms. The minimum atomic E-state index is -0.113. The summed E-state index contributed by atoms with van der Waals surface area (Å²) in [6.07, 6.45) is 7.36. The highest BCUT2D eigenvalue weighted by molar-refractivity contribution is 5.77. The maximum atomic E-state index is 12.3. The van der Waals surface area contributed by atoms with Crippen LogP contribution in [0.1, 0.15) is 42.4 Å². The topological polar surface area (TPSA) is 47.6 Å². The molecule has 0 aliphatic heterocycles. The number of rotatable bonds is 7. The van der Waals surface area contributed by atoms with E-state index in [-0.39, 0.29) is 12.5 Å². The highest BCUT2D eigenvalue weighted by Crippen LogP contribution is 2.31. The summed E-state index contributed by atoms with van der Waals surface area (Å²) in [7, 11) is 1.60. The highest BCUT2D eigenvalue weighted by Gasteiger charge is 2.20. The molecule has 0 heterocycles. The Hall–Kier alpha value is -2.75. The minimum absolute atomic E-state index is 0.0201. The molecule has 142 valence electrons. The molecule has 0 fully saturated rings. The summed E-state index contributed by atoms with van der Waals surface area (Å²) in [4.78, 5) is 12.3. The van der Waals surface area contributed by atoms with Crippen molar-refractivity contribution in [1.82, 2.24) is 5.32 Å². The molecule has 1 aliphatic rings. The first-order chi connectivity index (χ1) is 13.2. The summed E-state index contributed by atoms with van der Waals surface area (Å²) in [5.41, 5.74) is 3.80. The fourth-order valence-corrected chi connectivity index (χ4v) is 3.60. The van der Waals surface area contributed by atoms with Gasteiger partial charge in [-0.3, -0.25) is 4.79 Å². The van der Waals surface area contributed by atoms with Gasteiger partial charge >= 0.3 is 0 Å². The van der Waals surface area contributed by atoms with Crippen LogP contribution in [-0.4, -0.2) is 26.2 Å². The van der Waals surface area contributed by atoms with Crippen LogP contribution in [0, 0.1) is 0 Å². The Morgan fingerprint density at radius 2 is 2.07 bits per heavy atom. The summed E-state index contributed by atoms with van der Waals surface area (Å²) < 4.78 is 11.0. The number of benzene rings is 2. The van der Waals surface area contributed by atoms with E-state index in [4.69, 9.17) is 9.47 Å². The smallest absolute Gasteiger partial charge is 0.257 e. The SMILES string of the molecule is C/C=C/c1ccc(OCC(=O)NCC2CCCc3ccccc32)c(OC)c1. The summed E-state index contributed by atoms with van der Waals surface area (Å²) in [6, 6.07) is 14.2. The van der Waals surface area contributed by atoms with Gasteiger partial charge < -0.3 is 14.8 Å². The van der Waals surface area contributed by atoms with Crippen LogP contribution in [0.5, 0.6) is 11.5 Å². The summed E-state index contributed by atoms with van der Waals surface area (Å²) in [5.74, 6) is 1.47. The van der Waals surface area contributed by atoms with Crippen molar-refractivity contribution in [3.63, 3.8) is 0 Å². The Balaban J connectivity index is 1.54. The first-order valence-electron chi connectivity index (χ1n) is 9.49. The van der Waals surface area contributed by atoms with Gasteiger partial charge in [0.05, 0.1) is 7.11 Å². The molecule has 1 N–H and O–H groups in total. The number of allylic oxidation sites excluding steroid dienone is 1. The van der Waals surface area contributed by atoms with Crippen molar-refractivity contribution in [2.24, 2.45) is 0 Å². The van der Waals surface area contributed by atoms with Crippen LogP contribution in [0.15, 0.2) is 48.5 Å². The molecule has 0 saturated carbocycles. The fraction of sp³-hybridized carbons (Fsp3) is 0.348. The normalized spacial score (nSPS) is 16.0. The zero-order chi connectivity index (χ0) is 19.1. The van der Waals surface area contributed by atoms with Crippen LogP contribution in [0.4, 0.5) is 0 Å². The lowest BCUT2D eigenvalue weighted by Crippen LogP contribution is -2.33. The van der Waals surface area contributed by atoms with Crippen LogP contribution in [-0.2, 0) is 11.2 Å². The van der Waals surface area contributed by atoms with Gasteiger partial charge in [-0.25, -0.2) is 0 Å². The van der Waals surface area contributed by atoms with Gasteiger partial charge in [0.1, 0.15) is 0 Å². The third-order valence-electron chi connectivity index (χ3n) is 4.94. The van der Waals surface area contributed by atoms with Crippen LogP contribution in [0.3, 0.4) is 0 Å². The van der Waals surface area contributed by atoms with E-state index < -0.39 is 0 Å². The molecule has 1 atom stereocenters. The van der Waals surface area contributed by atoms with E-state index in [0.717, 1.165) is 18.4 Å². The minimum Gasteiger partial charge on any atom is -0.493 e. The number of nitrogens with one attached hydrogen (secondary N) is 1. The molecule has 0 bridgehead atoms. The monoisotopic (exact) mass is 365 g/mol. The predicted octanol–water partition coefficient (Wildman–Crippen LogP) is 4.34. The number of aryl methyl sites for hydroxylation is 1. The average Bonchev–Trinajstić information content (AvgIpc) is 2.71. The Kier molecular flexibility index (Phi) is 6.53. The lowest BCUT2D eigenvalue weighted by molar-refractivity contribution is -0.123. The second-order valence-electron chi connectivity index (χ2n) is 6.79. The molecule has 1 unspecified atom stereocenters. The molecular formula is C23H27NO3. The van der Waals surface area contributed by atoms with E-state index in [1.165, 1.54) is 17.5 Å². The molecule has 1 amide bonds. The fourth-order valence-electron chi connectivity index (χ4n) is 3.60. The maximum absolute atomic E-state index is 12.3. The van der Waals surface area contributed by atoms with Crippen molar-refractivity contribution in [3.05, 3.63) is 65.2 Å². The molecule has 4 nitrogen and oxygen atoms in total. The highest BCUT2D eigenvalue weighted by atomic mass is 16.5. The van der Waals surface area contributed by atoms with Crippen molar-refractivity contribution < 1.29 is 14.3 Å². The number of fused-ring (bicyclic) bond motifs is 1. The van der Waals surface area contributed by atoms with E-state index in [9.17, 15) is 4.79 Å². The molecule has 0 aromatic heterocycles. The first-order valence-corrected chi connectivity index (χ1v) is 9.49. The van der Waals surface area contributed by atoms with Crippen molar-refractivity contribution in [1.29, 1.82) is 0 Å². The Labute approximate surface area is 161 Å². The van der Waals surface area contributed by atoms with Crippen LogP contribution >= 0.6 is 0 Å². The predicted molar refractivity (Wildman–Crippen MR) is 108 cm³/mol. The van der Waals surface area contributed by atoms with E-state index in [2.05, 4.69) is 29.6 Å². The quantitative estimate of drug-likeness (QED) is 0.794. The van der Waals surface area contributed by atoms with Gasteiger partial charge in [0.2, 0.25) is 0 Å². The van der Waals surface area contributed by atoms with Gasteiger partial charge in [0, 0.05) is 12.5 Å². The van der Waals surface area contributed by atoms with E-state index in [1.54, 1.807) is 7.11 Å². The third kappa shape index (κ3) is 4.91. The van der Waals surface area contributed by atoms with Gasteiger partial charge in [0.25, 0.3) is 5.91 Å². The number of hydrogen-bond acceptors (Lipinski definition) is 3. The lowest BCUT2D eigenvalue weighted by Gasteiger charge is -2.25. The van der Waals surface area contributed by atoms with Crippen molar-refractivity contribution in [2.45, 2.75) is 32.1 Å². The van der Waals surface area contributed by atoms with E-state index in [0.29, 0.717) is 24.0 Å². The zero-order valence-corrected chi connectivity index (χ0v) is 16.0. The van der Waals surface area contributed by atoms with Gasteiger partial charge in [-0.2, -0.15) is 0 Å². The molecule has 2 aromatic rings. The lowest BCUT2D eigenvalue weighted by atomic mass is 9.83. The number of ether oxygens (including phenoxy) is 2. The number of amides is 1.